The third-order valence-electron chi connectivity index (χ3n) is 10.1. The number of hydrogen-bond acceptors (Lipinski definition) is 7. The standard InChI is InChI=1S/C27H39N3O7/c1-15(31)27(36)11-8-20-18-5-4-16-12-17(6-9-25(16,2)19(18)7-10-26(20,27)3)30-37-14-23(33)29-21(24(34)35)13-22(28)32/h12,18-21,36H,4-11,13-14H2,1-3H3,(H2,28,32)(H,29,33)(H,34,35)/t18-,19+,20+,21?,25+,26+,27+/m1/s1. The SMILES string of the molecule is CC(=O)[C@@]1(O)CC[C@H]2[C@@H]3CCC4=CC(=NOCC(=O)NC(CC(N)=O)C(=O)O)CC[C@]4(C)[C@H]3CC[C@@]21C. The van der Waals surface area contributed by atoms with E-state index >= 15 is 0 Å². The monoisotopic (exact) mass is 517 g/mol. The Hall–Kier alpha value is -2.75. The van der Waals surface area contributed by atoms with Crippen LogP contribution in [0.5, 0.6) is 0 Å². The van der Waals surface area contributed by atoms with Crippen molar-refractivity contribution in [3.8, 4) is 0 Å². The van der Waals surface area contributed by atoms with E-state index in [0.29, 0.717) is 30.6 Å². The molecule has 0 aliphatic heterocycles. The van der Waals surface area contributed by atoms with Crippen molar-refractivity contribution < 1.29 is 34.2 Å². The Bertz CT molecular complexity index is 1050. The van der Waals surface area contributed by atoms with E-state index in [0.717, 1.165) is 44.2 Å². The van der Waals surface area contributed by atoms with E-state index in [1.54, 1.807) is 0 Å². The van der Waals surface area contributed by atoms with Crippen LogP contribution < -0.4 is 11.1 Å². The Kier molecular flexibility index (Phi) is 7.27. The Morgan fingerprint density at radius 3 is 2.49 bits per heavy atom. The molecule has 4 aliphatic carbocycles. The van der Waals surface area contributed by atoms with Gasteiger partial charge in [0.1, 0.15) is 11.6 Å². The van der Waals surface area contributed by atoms with Gasteiger partial charge in [-0.3, -0.25) is 14.4 Å². The van der Waals surface area contributed by atoms with Crippen LogP contribution in [-0.2, 0) is 24.0 Å². The number of rotatable bonds is 8. The van der Waals surface area contributed by atoms with Crippen molar-refractivity contribution in [1.82, 2.24) is 5.32 Å². The number of Topliss-reactive ketones (excluding diaryl/α,β-unsaturated/α-hetero) is 1. The van der Waals surface area contributed by atoms with Crippen molar-refractivity contribution in [1.29, 1.82) is 0 Å². The summed E-state index contributed by atoms with van der Waals surface area (Å²) in [6.45, 7) is 5.53. The minimum atomic E-state index is -1.40. The number of nitrogens with one attached hydrogen (secondary N) is 1. The molecule has 0 heterocycles. The Morgan fingerprint density at radius 1 is 1.14 bits per heavy atom. The lowest BCUT2D eigenvalue weighted by Crippen LogP contribution is -2.57. The Balaban J connectivity index is 1.40. The first-order chi connectivity index (χ1) is 17.3. The molecular weight excluding hydrogens is 478 g/mol. The number of carboxylic acid groups (broad SMARTS) is 1. The van der Waals surface area contributed by atoms with Gasteiger partial charge < -0.3 is 26.1 Å². The number of aliphatic hydroxyl groups is 1. The predicted molar refractivity (Wildman–Crippen MR) is 134 cm³/mol. The fourth-order valence-corrected chi connectivity index (χ4v) is 8.05. The van der Waals surface area contributed by atoms with Crippen molar-refractivity contribution >= 4 is 29.3 Å². The molecule has 0 spiro atoms. The largest absolute Gasteiger partial charge is 0.480 e. The molecule has 0 radical (unpaired) electrons. The molecule has 4 rings (SSSR count). The van der Waals surface area contributed by atoms with Gasteiger partial charge in [-0.2, -0.15) is 0 Å². The minimum absolute atomic E-state index is 0.0288. The number of carbonyl (C=O) groups is 4. The van der Waals surface area contributed by atoms with Crippen molar-refractivity contribution in [2.45, 2.75) is 90.2 Å². The maximum absolute atomic E-state index is 12.4. The van der Waals surface area contributed by atoms with Gasteiger partial charge in [0.15, 0.2) is 12.4 Å². The van der Waals surface area contributed by atoms with E-state index in [9.17, 15) is 24.3 Å². The van der Waals surface area contributed by atoms with Crippen LogP contribution in [0.2, 0.25) is 0 Å². The van der Waals surface area contributed by atoms with Gasteiger partial charge in [0.05, 0.1) is 12.1 Å². The first-order valence-corrected chi connectivity index (χ1v) is 13.3. The van der Waals surface area contributed by atoms with Crippen molar-refractivity contribution in [3.63, 3.8) is 0 Å². The van der Waals surface area contributed by atoms with Gasteiger partial charge in [-0.05, 0) is 87.5 Å². The highest BCUT2D eigenvalue weighted by Crippen LogP contribution is 2.67. The highest BCUT2D eigenvalue weighted by molar-refractivity contribution is 5.96. The summed E-state index contributed by atoms with van der Waals surface area (Å²) >= 11 is 0. The van der Waals surface area contributed by atoms with Crippen LogP contribution in [0.4, 0.5) is 0 Å². The van der Waals surface area contributed by atoms with Crippen LogP contribution in [0.1, 0.15) is 78.6 Å². The molecule has 204 valence electrons. The van der Waals surface area contributed by atoms with Gasteiger partial charge in [0.25, 0.3) is 5.91 Å². The van der Waals surface area contributed by atoms with Crippen LogP contribution in [0.3, 0.4) is 0 Å². The number of nitrogens with two attached hydrogens (primary N) is 1. The Labute approximate surface area is 217 Å². The summed E-state index contributed by atoms with van der Waals surface area (Å²) < 4.78 is 0. The highest BCUT2D eigenvalue weighted by atomic mass is 16.6. The van der Waals surface area contributed by atoms with E-state index in [4.69, 9.17) is 15.7 Å². The zero-order chi connectivity index (χ0) is 27.2. The first kappa shape index (κ1) is 27.3. The van der Waals surface area contributed by atoms with Gasteiger partial charge in [-0.1, -0.05) is 24.6 Å². The maximum Gasteiger partial charge on any atom is 0.326 e. The van der Waals surface area contributed by atoms with Gasteiger partial charge in [-0.25, -0.2) is 4.79 Å². The molecule has 10 heteroatoms. The van der Waals surface area contributed by atoms with Crippen molar-refractivity contribution in [3.05, 3.63) is 11.6 Å². The molecule has 0 aromatic rings. The summed E-state index contributed by atoms with van der Waals surface area (Å²) in [5.41, 5.74) is 5.58. The second-order valence-corrected chi connectivity index (χ2v) is 11.9. The number of carboxylic acids is 1. The quantitative estimate of drug-likeness (QED) is 0.357. The van der Waals surface area contributed by atoms with Gasteiger partial charge in [0, 0.05) is 5.41 Å². The molecule has 1 unspecified atom stereocenters. The predicted octanol–water partition coefficient (Wildman–Crippen LogP) is 2.09. The summed E-state index contributed by atoms with van der Waals surface area (Å²) in [7, 11) is 0. The molecule has 7 atom stereocenters. The van der Waals surface area contributed by atoms with Gasteiger partial charge in [-0.15, -0.1) is 0 Å². The second kappa shape index (κ2) is 9.85. The number of amides is 2. The molecule has 4 aliphatic rings. The highest BCUT2D eigenvalue weighted by Gasteiger charge is 2.65. The average molecular weight is 518 g/mol. The van der Waals surface area contributed by atoms with Crippen LogP contribution >= 0.6 is 0 Å². The summed E-state index contributed by atoms with van der Waals surface area (Å²) in [5, 5.41) is 26.8. The molecule has 0 saturated heterocycles. The summed E-state index contributed by atoms with van der Waals surface area (Å²) in [4.78, 5) is 51.8. The number of hydrogen-bond donors (Lipinski definition) is 4. The number of ketones is 1. The third kappa shape index (κ3) is 4.69. The van der Waals surface area contributed by atoms with E-state index in [2.05, 4.69) is 30.4 Å². The van der Waals surface area contributed by atoms with Crippen LogP contribution in [-0.4, -0.2) is 57.7 Å². The van der Waals surface area contributed by atoms with Gasteiger partial charge >= 0.3 is 5.97 Å². The molecule has 37 heavy (non-hydrogen) atoms. The fraction of sp³-hybridized carbons (Fsp3) is 0.741. The summed E-state index contributed by atoms with van der Waals surface area (Å²) in [6.07, 6.45) is 8.43. The molecule has 5 N–H and O–H groups in total. The number of allylic oxidation sites excluding steroid dienone is 2. The first-order valence-electron chi connectivity index (χ1n) is 13.3. The van der Waals surface area contributed by atoms with Crippen LogP contribution in [0.15, 0.2) is 16.8 Å². The Morgan fingerprint density at radius 2 is 1.84 bits per heavy atom. The van der Waals surface area contributed by atoms with Crippen molar-refractivity contribution in [2.75, 3.05) is 6.61 Å². The smallest absolute Gasteiger partial charge is 0.326 e. The minimum Gasteiger partial charge on any atom is -0.480 e. The lowest BCUT2D eigenvalue weighted by atomic mass is 9.46. The molecule has 3 saturated carbocycles. The number of aliphatic carboxylic acids is 1. The number of oxime groups is 1. The number of primary amides is 1. The molecule has 0 aromatic carbocycles. The fourth-order valence-electron chi connectivity index (χ4n) is 8.05. The number of carbonyl (C=O) groups excluding carboxylic acids is 3. The molecule has 0 aromatic heterocycles. The topological polar surface area (TPSA) is 168 Å². The lowest BCUT2D eigenvalue weighted by Gasteiger charge is -2.59. The molecule has 0 bridgehead atoms. The molecule has 2 amide bonds. The van der Waals surface area contributed by atoms with Gasteiger partial charge in [0.2, 0.25) is 5.91 Å². The van der Waals surface area contributed by atoms with E-state index in [-0.39, 0.29) is 16.6 Å². The maximum atomic E-state index is 12.4. The van der Waals surface area contributed by atoms with Crippen LogP contribution in [0.25, 0.3) is 0 Å². The van der Waals surface area contributed by atoms with E-state index < -0.39 is 42.5 Å². The lowest BCUT2D eigenvalue weighted by molar-refractivity contribution is -0.159. The summed E-state index contributed by atoms with van der Waals surface area (Å²) in [5.74, 6) is -1.65. The van der Waals surface area contributed by atoms with E-state index in [1.807, 2.05) is 0 Å². The number of nitrogens with zero attached hydrogens (tertiary/aromatic N) is 1. The molecule has 10 nitrogen and oxygen atoms in total. The summed E-state index contributed by atoms with van der Waals surface area (Å²) in [6, 6.07) is -1.40. The normalized spacial score (nSPS) is 38.4. The third-order valence-corrected chi connectivity index (χ3v) is 10.1. The molecule has 3 fully saturated rings. The average Bonchev–Trinajstić information content (AvgIpc) is 3.10. The number of fused-ring (bicyclic) bond motifs is 5. The zero-order valence-corrected chi connectivity index (χ0v) is 21.9. The van der Waals surface area contributed by atoms with E-state index in [1.165, 1.54) is 12.5 Å². The van der Waals surface area contributed by atoms with Crippen molar-refractivity contribution in [2.24, 2.45) is 39.5 Å². The molecular formula is C27H39N3O7. The second-order valence-electron chi connectivity index (χ2n) is 11.9. The van der Waals surface area contributed by atoms with Crippen LogP contribution in [0, 0.1) is 28.6 Å². The zero-order valence-electron chi connectivity index (χ0n) is 21.9.